The van der Waals surface area contributed by atoms with Gasteiger partial charge in [-0.1, -0.05) is 25.6 Å². The van der Waals surface area contributed by atoms with Crippen molar-refractivity contribution in [2.45, 2.75) is 49.4 Å². The van der Waals surface area contributed by atoms with E-state index in [1.165, 1.54) is 31.2 Å². The van der Waals surface area contributed by atoms with Crippen molar-refractivity contribution in [2.24, 2.45) is 0 Å². The van der Waals surface area contributed by atoms with Crippen LogP contribution in [0.5, 0.6) is 0 Å². The van der Waals surface area contributed by atoms with E-state index in [2.05, 4.69) is 10.0 Å². The maximum atomic E-state index is 11.3. The van der Waals surface area contributed by atoms with Gasteiger partial charge in [0.1, 0.15) is 5.69 Å². The second kappa shape index (κ2) is 8.29. The molecule has 1 aliphatic rings. The second-order valence-corrected chi connectivity index (χ2v) is 6.16. The van der Waals surface area contributed by atoms with Crippen LogP contribution in [0, 0.1) is 10.1 Å². The summed E-state index contributed by atoms with van der Waals surface area (Å²) in [6.07, 6.45) is 6.38. The summed E-state index contributed by atoms with van der Waals surface area (Å²) in [6, 6.07) is 5.66. The number of nitro benzene ring substituents is 1. The van der Waals surface area contributed by atoms with Crippen molar-refractivity contribution in [1.29, 1.82) is 0 Å². The molecule has 0 unspecified atom stereocenters. The number of hydrogen-bond acceptors (Lipinski definition) is 5. The van der Waals surface area contributed by atoms with E-state index in [1.54, 1.807) is 12.1 Å². The summed E-state index contributed by atoms with van der Waals surface area (Å²) in [6.45, 7) is 0.667. The monoisotopic (exact) mass is 305 g/mol. The molecule has 0 aromatic heterocycles. The first-order valence-corrected chi connectivity index (χ1v) is 8.17. The van der Waals surface area contributed by atoms with Gasteiger partial charge < -0.3 is 5.32 Å². The smallest absolute Gasteiger partial charge is 0.293 e. The van der Waals surface area contributed by atoms with Crippen molar-refractivity contribution in [3.05, 3.63) is 28.3 Å². The minimum absolute atomic E-state index is 0.139. The van der Waals surface area contributed by atoms with Gasteiger partial charge in [0.15, 0.2) is 0 Å². The molecule has 112 valence electrons. The Hall–Kier alpha value is -1.21. The highest BCUT2D eigenvalue weighted by Gasteiger charge is 2.19. The summed E-state index contributed by atoms with van der Waals surface area (Å²) in [7, 11) is 5.40. The summed E-state index contributed by atoms with van der Waals surface area (Å²) in [4.78, 5) is 11.8. The molecule has 5 nitrogen and oxygen atoms in total. The molecule has 1 saturated carbocycles. The lowest BCUT2D eigenvalue weighted by molar-refractivity contribution is -0.384. The van der Waals surface area contributed by atoms with Crippen LogP contribution in [-0.2, 0) is 0 Å². The number of anilines is 1. The highest BCUT2D eigenvalue weighted by atomic mass is 32.2. The minimum Gasteiger partial charge on any atom is -0.377 e. The third-order valence-corrected chi connectivity index (χ3v) is 4.41. The molecule has 0 bridgehead atoms. The molecule has 0 amide bonds. The Labute approximate surface area is 131 Å². The number of benzene rings is 1. The van der Waals surface area contributed by atoms with Crippen LogP contribution in [0.3, 0.4) is 0 Å². The molecule has 2 N–H and O–H groups in total. The molecule has 1 aromatic rings. The van der Waals surface area contributed by atoms with Crippen LogP contribution < -0.4 is 10.0 Å². The van der Waals surface area contributed by atoms with Crippen LogP contribution in [0.2, 0.25) is 6.32 Å². The van der Waals surface area contributed by atoms with E-state index < -0.39 is 0 Å². The number of nitrogens with zero attached hydrogens (tertiary/aromatic N) is 1. The molecule has 1 aromatic carbocycles. The van der Waals surface area contributed by atoms with Gasteiger partial charge in [-0.25, -0.2) is 0 Å². The Morgan fingerprint density at radius 1 is 1.33 bits per heavy atom. The Kier molecular flexibility index (Phi) is 6.38. The molecule has 0 saturated heterocycles. The molecule has 2 radical (unpaired) electrons. The molecule has 0 aliphatic heterocycles. The molecular formula is C14H20BN3O2S. The van der Waals surface area contributed by atoms with E-state index in [1.807, 2.05) is 6.07 Å². The number of hydrogen-bond donors (Lipinski definition) is 2. The molecular weight excluding hydrogens is 285 g/mol. The van der Waals surface area contributed by atoms with Gasteiger partial charge in [-0.15, -0.1) is 0 Å². The molecule has 1 aliphatic carbocycles. The molecule has 0 atom stereocenters. The number of rotatable bonds is 7. The van der Waals surface area contributed by atoms with Crippen molar-refractivity contribution in [2.75, 3.05) is 11.9 Å². The van der Waals surface area contributed by atoms with Crippen LogP contribution >= 0.6 is 11.9 Å². The van der Waals surface area contributed by atoms with E-state index in [9.17, 15) is 10.1 Å². The van der Waals surface area contributed by atoms with Crippen molar-refractivity contribution in [3.8, 4) is 0 Å². The molecule has 0 spiro atoms. The lowest BCUT2D eigenvalue weighted by atomic mass is 9.95. The summed E-state index contributed by atoms with van der Waals surface area (Å²) in [5, 5.41) is 14.6. The Bertz CT molecular complexity index is 481. The Balaban J connectivity index is 2.07. The normalized spacial score (nSPS) is 15.8. The van der Waals surface area contributed by atoms with Crippen molar-refractivity contribution >= 4 is 31.2 Å². The molecule has 1 fully saturated rings. The standard InChI is InChI=1S/C14H20BN3O2S/c15-8-9-16-21-12-6-7-13(14(10-12)18(19)20)17-11-4-2-1-3-5-11/h6-7,10-11,16-17H,1-5,8-9H2. The van der Waals surface area contributed by atoms with Crippen molar-refractivity contribution < 1.29 is 4.92 Å². The van der Waals surface area contributed by atoms with Crippen LogP contribution in [0.1, 0.15) is 32.1 Å². The summed E-state index contributed by atoms with van der Waals surface area (Å²) < 4.78 is 3.07. The Morgan fingerprint density at radius 3 is 2.76 bits per heavy atom. The largest absolute Gasteiger partial charge is 0.377 e. The molecule has 0 heterocycles. The van der Waals surface area contributed by atoms with E-state index in [0.29, 0.717) is 24.6 Å². The van der Waals surface area contributed by atoms with Gasteiger partial charge >= 0.3 is 0 Å². The summed E-state index contributed by atoms with van der Waals surface area (Å²) in [5.74, 6) is 0. The third-order valence-electron chi connectivity index (χ3n) is 3.57. The SMILES string of the molecule is [B]CCNSc1ccc(NC2CCCCC2)c([N+](=O)[O-])c1. The number of nitrogens with one attached hydrogen (secondary N) is 2. The van der Waals surface area contributed by atoms with Crippen LogP contribution in [-0.4, -0.2) is 25.4 Å². The first-order chi connectivity index (χ1) is 10.2. The fourth-order valence-corrected chi connectivity index (χ4v) is 3.20. The summed E-state index contributed by atoms with van der Waals surface area (Å²) in [5.41, 5.74) is 0.759. The van der Waals surface area contributed by atoms with Gasteiger partial charge in [-0.3, -0.25) is 14.8 Å². The average Bonchev–Trinajstić information content (AvgIpc) is 2.50. The second-order valence-electron chi connectivity index (χ2n) is 5.20. The van der Waals surface area contributed by atoms with E-state index in [0.717, 1.165) is 17.7 Å². The number of nitro groups is 1. The zero-order valence-corrected chi connectivity index (χ0v) is 12.8. The molecule has 7 heteroatoms. The van der Waals surface area contributed by atoms with Gasteiger partial charge in [-0.05, 0) is 43.5 Å². The van der Waals surface area contributed by atoms with Gasteiger partial charge in [0.25, 0.3) is 5.69 Å². The van der Waals surface area contributed by atoms with E-state index in [-0.39, 0.29) is 10.6 Å². The highest BCUT2D eigenvalue weighted by molar-refractivity contribution is 7.97. The predicted octanol–water partition coefficient (Wildman–Crippen LogP) is 3.52. The molecule has 21 heavy (non-hydrogen) atoms. The first kappa shape index (κ1) is 16.2. The van der Waals surface area contributed by atoms with Crippen LogP contribution in [0.25, 0.3) is 0 Å². The van der Waals surface area contributed by atoms with Gasteiger partial charge in [-0.2, -0.15) is 0 Å². The zero-order chi connectivity index (χ0) is 15.1. The maximum Gasteiger partial charge on any atom is 0.293 e. The van der Waals surface area contributed by atoms with Crippen LogP contribution in [0.15, 0.2) is 23.1 Å². The third kappa shape index (κ3) is 4.93. The highest BCUT2D eigenvalue weighted by Crippen LogP contribution is 2.31. The first-order valence-electron chi connectivity index (χ1n) is 7.35. The zero-order valence-electron chi connectivity index (χ0n) is 12.0. The predicted molar refractivity (Wildman–Crippen MR) is 88.0 cm³/mol. The Morgan fingerprint density at radius 2 is 2.10 bits per heavy atom. The fraction of sp³-hybridized carbons (Fsp3) is 0.571. The van der Waals surface area contributed by atoms with E-state index >= 15 is 0 Å². The van der Waals surface area contributed by atoms with Crippen molar-refractivity contribution in [3.63, 3.8) is 0 Å². The lowest BCUT2D eigenvalue weighted by Crippen LogP contribution is -2.22. The van der Waals surface area contributed by atoms with E-state index in [4.69, 9.17) is 7.85 Å². The molecule has 2 rings (SSSR count). The summed E-state index contributed by atoms with van der Waals surface area (Å²) >= 11 is 1.37. The van der Waals surface area contributed by atoms with Gasteiger partial charge in [0.2, 0.25) is 0 Å². The lowest BCUT2D eigenvalue weighted by Gasteiger charge is -2.23. The van der Waals surface area contributed by atoms with Gasteiger partial charge in [0, 0.05) is 17.0 Å². The topological polar surface area (TPSA) is 67.2 Å². The quantitative estimate of drug-likeness (QED) is 0.265. The van der Waals surface area contributed by atoms with Crippen molar-refractivity contribution in [1.82, 2.24) is 4.72 Å². The maximum absolute atomic E-state index is 11.3. The average molecular weight is 305 g/mol. The fourth-order valence-electron chi connectivity index (χ4n) is 2.51. The van der Waals surface area contributed by atoms with Gasteiger partial charge in [0.05, 0.1) is 12.8 Å². The minimum atomic E-state index is -0.321. The van der Waals surface area contributed by atoms with Crippen LogP contribution in [0.4, 0.5) is 11.4 Å².